The van der Waals surface area contributed by atoms with Crippen molar-refractivity contribution in [3.8, 4) is 0 Å². The smallest absolute Gasteiger partial charge is 0.410 e. The number of ether oxygens (including phenoxy) is 1. The van der Waals surface area contributed by atoms with E-state index < -0.39 is 23.8 Å². The molecule has 0 N–H and O–H groups in total. The summed E-state index contributed by atoms with van der Waals surface area (Å²) in [5, 5.41) is 2.16. The van der Waals surface area contributed by atoms with Gasteiger partial charge in [0.05, 0.1) is 0 Å². The molecule has 3 amide bonds. The number of hydrogen-bond donors (Lipinski definition) is 0. The number of carbonyl (C=O) groups is 3. The molecule has 2 atom stereocenters. The molecule has 0 saturated carbocycles. The number of benzene rings is 3. The second kappa shape index (κ2) is 14.9. The molecular weight excluding hydrogens is 564 g/mol. The molecule has 1 fully saturated rings. The zero-order valence-electron chi connectivity index (χ0n) is 28.0. The number of hydrogen-bond acceptors (Lipinski definition) is 5. The van der Waals surface area contributed by atoms with Gasteiger partial charge in [-0.2, -0.15) is 0 Å². The van der Waals surface area contributed by atoms with E-state index in [4.69, 9.17) is 4.74 Å². The molecule has 3 aromatic rings. The van der Waals surface area contributed by atoms with Gasteiger partial charge in [0.25, 0.3) is 0 Å². The molecule has 45 heavy (non-hydrogen) atoms. The topological polar surface area (TPSA) is 73.4 Å². The minimum atomic E-state index is -0.872. The van der Waals surface area contributed by atoms with Crippen LogP contribution in [0.3, 0.4) is 0 Å². The molecule has 4 rings (SSSR count). The van der Waals surface area contributed by atoms with Crippen molar-refractivity contribution in [1.82, 2.24) is 19.6 Å². The summed E-state index contributed by atoms with van der Waals surface area (Å²) >= 11 is 0. The third kappa shape index (κ3) is 9.30. The summed E-state index contributed by atoms with van der Waals surface area (Å²) in [7, 11) is 7.46. The summed E-state index contributed by atoms with van der Waals surface area (Å²) in [6.45, 7) is 7.76. The van der Waals surface area contributed by atoms with Crippen LogP contribution in [0, 0.1) is 5.92 Å². The number of likely N-dealkylation sites (tertiary alicyclic amines) is 1. The van der Waals surface area contributed by atoms with Crippen LogP contribution in [0.2, 0.25) is 0 Å². The fourth-order valence-electron chi connectivity index (χ4n) is 6.12. The molecule has 0 spiro atoms. The summed E-state index contributed by atoms with van der Waals surface area (Å²) < 4.78 is 5.69. The highest BCUT2D eigenvalue weighted by molar-refractivity contribution is 5.92. The first-order valence-corrected chi connectivity index (χ1v) is 16.0. The third-order valence-electron chi connectivity index (χ3n) is 8.60. The Balaban J connectivity index is 1.63. The molecule has 8 nitrogen and oxygen atoms in total. The zero-order valence-corrected chi connectivity index (χ0v) is 28.0. The van der Waals surface area contributed by atoms with Gasteiger partial charge in [0, 0.05) is 46.6 Å². The lowest BCUT2D eigenvalue weighted by atomic mass is 9.94. The molecule has 0 radical (unpaired) electrons. The second-order valence-corrected chi connectivity index (χ2v) is 13.7. The molecule has 242 valence electrons. The van der Waals surface area contributed by atoms with Gasteiger partial charge >= 0.3 is 6.09 Å². The molecule has 0 bridgehead atoms. The van der Waals surface area contributed by atoms with E-state index in [0.29, 0.717) is 25.4 Å². The van der Waals surface area contributed by atoms with E-state index in [1.54, 1.807) is 39.8 Å². The van der Waals surface area contributed by atoms with Crippen LogP contribution < -0.4 is 0 Å². The average molecular weight is 615 g/mol. The maximum absolute atomic E-state index is 14.5. The molecule has 3 aromatic carbocycles. The van der Waals surface area contributed by atoms with Gasteiger partial charge in [0.1, 0.15) is 17.7 Å². The van der Waals surface area contributed by atoms with Gasteiger partial charge < -0.3 is 19.4 Å². The van der Waals surface area contributed by atoms with Crippen LogP contribution >= 0.6 is 0 Å². The first-order chi connectivity index (χ1) is 21.3. The van der Waals surface area contributed by atoms with Crippen molar-refractivity contribution in [3.63, 3.8) is 0 Å². The number of fused-ring (bicyclic) bond motifs is 1. The molecule has 0 aliphatic carbocycles. The quantitative estimate of drug-likeness (QED) is 0.302. The van der Waals surface area contributed by atoms with E-state index in [9.17, 15) is 14.4 Å². The lowest BCUT2D eigenvalue weighted by Crippen LogP contribution is -2.57. The fourth-order valence-corrected chi connectivity index (χ4v) is 6.12. The number of carbonyl (C=O) groups excluding carboxylic acids is 3. The fraction of sp³-hybridized carbons (Fsp3) is 0.486. The first-order valence-electron chi connectivity index (χ1n) is 16.0. The summed E-state index contributed by atoms with van der Waals surface area (Å²) in [6.07, 6.45) is 1.96. The Labute approximate surface area is 268 Å². The van der Waals surface area contributed by atoms with Crippen molar-refractivity contribution in [2.24, 2.45) is 5.92 Å². The van der Waals surface area contributed by atoms with E-state index in [1.807, 2.05) is 71.6 Å². The van der Waals surface area contributed by atoms with Crippen molar-refractivity contribution in [2.45, 2.75) is 64.1 Å². The highest BCUT2D eigenvalue weighted by Crippen LogP contribution is 2.24. The molecule has 1 heterocycles. The number of nitrogens with zero attached hydrogens (tertiary/aromatic N) is 4. The molecule has 0 unspecified atom stereocenters. The van der Waals surface area contributed by atoms with Crippen LogP contribution in [0.4, 0.5) is 4.79 Å². The van der Waals surface area contributed by atoms with E-state index >= 15 is 0 Å². The van der Waals surface area contributed by atoms with E-state index in [-0.39, 0.29) is 18.2 Å². The number of likely N-dealkylation sites (N-methyl/N-ethyl adjacent to an activating group) is 2. The van der Waals surface area contributed by atoms with Gasteiger partial charge in [0.15, 0.2) is 0 Å². The highest BCUT2D eigenvalue weighted by atomic mass is 16.6. The Kier molecular flexibility index (Phi) is 11.3. The standard InChI is InChI=1S/C37H50N4O4/c1-37(2,3)45-36(44)40(7)32(25-29-17-18-30-15-11-12-16-31(30)23-29)34(42)39(6)33(24-27-13-9-8-10-14-27)35(43)41-21-19-28(20-22-41)26-38(4)5/h8-18,23,28,32-33H,19-22,24-26H2,1-7H3/t32-,33-/m1/s1. The minimum absolute atomic E-state index is 0.0533. The maximum Gasteiger partial charge on any atom is 0.410 e. The number of piperidine rings is 1. The van der Waals surface area contributed by atoms with Crippen LogP contribution in [0.5, 0.6) is 0 Å². The SMILES string of the molecule is CN(C)CC1CCN(C(=O)[C@@H](Cc2ccccc2)N(C)C(=O)[C@@H](Cc2ccc3ccccc3c2)N(C)C(=O)OC(C)(C)C)CC1. The Morgan fingerprint density at radius 2 is 1.38 bits per heavy atom. The molecule has 1 aliphatic rings. The molecule has 1 saturated heterocycles. The predicted molar refractivity (Wildman–Crippen MR) is 180 cm³/mol. The summed E-state index contributed by atoms with van der Waals surface area (Å²) in [4.78, 5) is 49.1. The first kappa shape index (κ1) is 34.0. The van der Waals surface area contributed by atoms with Crippen molar-refractivity contribution >= 4 is 28.7 Å². The van der Waals surface area contributed by atoms with Crippen molar-refractivity contribution in [2.75, 3.05) is 47.8 Å². The predicted octanol–water partition coefficient (Wildman–Crippen LogP) is 5.49. The Bertz CT molecular complexity index is 1440. The number of amides is 3. The molecule has 1 aliphatic heterocycles. The lowest BCUT2D eigenvalue weighted by molar-refractivity contribution is -0.147. The summed E-state index contributed by atoms with van der Waals surface area (Å²) in [5.41, 5.74) is 1.17. The van der Waals surface area contributed by atoms with Gasteiger partial charge in [-0.3, -0.25) is 14.5 Å². The minimum Gasteiger partial charge on any atom is -0.444 e. The molecule has 0 aromatic heterocycles. The summed E-state index contributed by atoms with van der Waals surface area (Å²) in [6, 6.07) is 22.4. The van der Waals surface area contributed by atoms with Crippen LogP contribution in [0.25, 0.3) is 10.8 Å². The van der Waals surface area contributed by atoms with Crippen LogP contribution in [-0.4, -0.2) is 103 Å². The van der Waals surface area contributed by atoms with Gasteiger partial charge in [-0.05, 0) is 75.5 Å². The van der Waals surface area contributed by atoms with E-state index in [1.165, 1.54) is 4.90 Å². The van der Waals surface area contributed by atoms with Gasteiger partial charge in [0.2, 0.25) is 11.8 Å². The Morgan fingerprint density at radius 3 is 2.00 bits per heavy atom. The maximum atomic E-state index is 14.5. The second-order valence-electron chi connectivity index (χ2n) is 13.7. The van der Waals surface area contributed by atoms with E-state index in [2.05, 4.69) is 25.1 Å². The Morgan fingerprint density at radius 1 is 0.778 bits per heavy atom. The monoisotopic (exact) mass is 614 g/mol. The van der Waals surface area contributed by atoms with Crippen molar-refractivity contribution in [1.29, 1.82) is 0 Å². The highest BCUT2D eigenvalue weighted by Gasteiger charge is 2.38. The Hall–Kier alpha value is -3.91. The van der Waals surface area contributed by atoms with Gasteiger partial charge in [-0.1, -0.05) is 72.8 Å². The van der Waals surface area contributed by atoms with E-state index in [0.717, 1.165) is 41.3 Å². The lowest BCUT2D eigenvalue weighted by Gasteiger charge is -2.39. The van der Waals surface area contributed by atoms with Crippen LogP contribution in [0.1, 0.15) is 44.7 Å². The zero-order chi connectivity index (χ0) is 32.7. The normalized spacial score (nSPS) is 15.5. The van der Waals surface area contributed by atoms with Crippen LogP contribution in [0.15, 0.2) is 72.8 Å². The van der Waals surface area contributed by atoms with Gasteiger partial charge in [-0.25, -0.2) is 4.79 Å². The van der Waals surface area contributed by atoms with Crippen molar-refractivity contribution in [3.05, 3.63) is 83.9 Å². The van der Waals surface area contributed by atoms with Gasteiger partial charge in [-0.15, -0.1) is 0 Å². The molecular formula is C37H50N4O4. The molecule has 8 heteroatoms. The van der Waals surface area contributed by atoms with Crippen molar-refractivity contribution < 1.29 is 19.1 Å². The average Bonchev–Trinajstić information content (AvgIpc) is 3.01. The largest absolute Gasteiger partial charge is 0.444 e. The summed E-state index contributed by atoms with van der Waals surface area (Å²) in [5.74, 6) is 0.195. The number of rotatable bonds is 10. The third-order valence-corrected chi connectivity index (χ3v) is 8.60. The van der Waals surface area contributed by atoms with Crippen LogP contribution in [-0.2, 0) is 27.2 Å².